The lowest BCUT2D eigenvalue weighted by atomic mass is 9.95. The fraction of sp³-hybridized carbons (Fsp3) is 0.391. The minimum atomic E-state index is 0.152. The summed E-state index contributed by atoms with van der Waals surface area (Å²) in [4.78, 5) is 2.54. The van der Waals surface area contributed by atoms with Crippen molar-refractivity contribution in [1.82, 2.24) is 4.31 Å². The first-order chi connectivity index (χ1) is 12.9. The van der Waals surface area contributed by atoms with Crippen molar-refractivity contribution in [3.8, 4) is 0 Å². The zero-order valence-corrected chi connectivity index (χ0v) is 18.5. The van der Waals surface area contributed by atoms with Crippen LogP contribution in [0.25, 0.3) is 0 Å². The molecule has 0 fully saturated rings. The van der Waals surface area contributed by atoms with Crippen molar-refractivity contribution in [2.75, 3.05) is 6.54 Å². The topological polar surface area (TPSA) is 29.3 Å². The van der Waals surface area contributed by atoms with Gasteiger partial charge in [-0.15, -0.1) is 0 Å². The highest BCUT2D eigenvalue weighted by Crippen LogP contribution is 2.32. The van der Waals surface area contributed by atoms with Crippen LogP contribution in [0.4, 0.5) is 0 Å². The van der Waals surface area contributed by atoms with Gasteiger partial charge in [0.25, 0.3) is 0 Å². The van der Waals surface area contributed by atoms with Crippen LogP contribution in [0, 0.1) is 12.8 Å². The highest BCUT2D eigenvalue weighted by molar-refractivity contribution is 8.02. The van der Waals surface area contributed by atoms with Crippen LogP contribution < -0.4 is 5.73 Å². The minimum absolute atomic E-state index is 0.152. The third-order valence-electron chi connectivity index (χ3n) is 4.68. The van der Waals surface area contributed by atoms with E-state index in [2.05, 4.69) is 87.1 Å². The Balaban J connectivity index is 2.02. The van der Waals surface area contributed by atoms with Crippen LogP contribution in [-0.4, -0.2) is 22.9 Å². The molecule has 0 aromatic heterocycles. The highest BCUT2D eigenvalue weighted by atomic mass is 32.2. The van der Waals surface area contributed by atoms with Gasteiger partial charge in [-0.3, -0.25) is 0 Å². The van der Waals surface area contributed by atoms with E-state index in [4.69, 9.17) is 5.73 Å². The van der Waals surface area contributed by atoms with Crippen molar-refractivity contribution in [2.24, 2.45) is 11.7 Å². The average molecular weight is 401 g/mol. The molecule has 2 rings (SSSR count). The third-order valence-corrected chi connectivity index (χ3v) is 6.81. The summed E-state index contributed by atoms with van der Waals surface area (Å²) in [5.74, 6) is 0.410. The molecule has 2 N–H and O–H groups in total. The summed E-state index contributed by atoms with van der Waals surface area (Å²) in [6.07, 6.45) is 0.920. The van der Waals surface area contributed by atoms with Gasteiger partial charge >= 0.3 is 0 Å². The van der Waals surface area contributed by atoms with Gasteiger partial charge in [-0.2, -0.15) is 0 Å². The monoisotopic (exact) mass is 400 g/mol. The number of aryl methyl sites for hydroxylation is 1. The quantitative estimate of drug-likeness (QED) is 0.382. The Kier molecular flexibility index (Phi) is 8.97. The van der Waals surface area contributed by atoms with Crippen LogP contribution in [-0.2, 0) is 6.42 Å². The molecule has 2 unspecified atom stereocenters. The number of hydrogen-bond donors (Lipinski definition) is 1. The van der Waals surface area contributed by atoms with Gasteiger partial charge in [0.1, 0.15) is 0 Å². The number of hydrogen-bond acceptors (Lipinski definition) is 4. The predicted molar refractivity (Wildman–Crippen MR) is 122 cm³/mol. The summed E-state index contributed by atoms with van der Waals surface area (Å²) in [7, 11) is 0. The molecule has 27 heavy (non-hydrogen) atoms. The SMILES string of the molecule is C=CSc1cc(SN(CC(C)C(N)Cc2ccccc2)C(C)C)ccc1C. The van der Waals surface area contributed by atoms with Gasteiger partial charge in [-0.05, 0) is 73.7 Å². The molecule has 0 radical (unpaired) electrons. The maximum absolute atomic E-state index is 6.52. The maximum atomic E-state index is 6.52. The Morgan fingerprint density at radius 2 is 1.81 bits per heavy atom. The standard InChI is InChI=1S/C23H32N2S2/c1-6-26-23-15-21(13-12-18(23)4)27-25(17(2)3)16-19(5)22(24)14-20-10-8-7-9-11-20/h6-13,15,17,19,22H,1,14,16,24H2,2-5H3. The van der Waals surface area contributed by atoms with E-state index in [1.54, 1.807) is 11.8 Å². The highest BCUT2D eigenvalue weighted by Gasteiger charge is 2.20. The van der Waals surface area contributed by atoms with E-state index >= 15 is 0 Å². The van der Waals surface area contributed by atoms with Gasteiger partial charge in [0.2, 0.25) is 0 Å². The lowest BCUT2D eigenvalue weighted by Gasteiger charge is -2.30. The minimum Gasteiger partial charge on any atom is -0.327 e. The third kappa shape index (κ3) is 7.04. The van der Waals surface area contributed by atoms with Crippen LogP contribution in [0.3, 0.4) is 0 Å². The van der Waals surface area contributed by atoms with Crippen molar-refractivity contribution >= 4 is 23.7 Å². The summed E-state index contributed by atoms with van der Waals surface area (Å²) in [5.41, 5.74) is 9.13. The molecular formula is C23H32N2S2. The molecule has 146 valence electrons. The molecule has 0 saturated heterocycles. The Labute approximate surface area is 173 Å². The number of nitrogens with two attached hydrogens (primary N) is 1. The molecule has 2 nitrogen and oxygen atoms in total. The number of benzene rings is 2. The van der Waals surface area contributed by atoms with Crippen LogP contribution in [0.15, 0.2) is 70.3 Å². The largest absolute Gasteiger partial charge is 0.327 e. The van der Waals surface area contributed by atoms with Gasteiger partial charge < -0.3 is 5.73 Å². The molecule has 0 spiro atoms. The predicted octanol–water partition coefficient (Wildman–Crippen LogP) is 6.15. The van der Waals surface area contributed by atoms with Gasteiger partial charge in [0.05, 0.1) is 0 Å². The summed E-state index contributed by atoms with van der Waals surface area (Å²) in [5, 5.41) is 1.89. The number of rotatable bonds is 10. The fourth-order valence-electron chi connectivity index (χ4n) is 2.85. The summed E-state index contributed by atoms with van der Waals surface area (Å²) in [6.45, 7) is 13.7. The summed E-state index contributed by atoms with van der Waals surface area (Å²) < 4.78 is 2.45. The molecule has 0 bridgehead atoms. The lowest BCUT2D eigenvalue weighted by Crippen LogP contribution is -2.39. The van der Waals surface area contributed by atoms with E-state index in [0.29, 0.717) is 12.0 Å². The molecule has 2 aromatic carbocycles. The van der Waals surface area contributed by atoms with Gasteiger partial charge in [-0.1, -0.05) is 61.7 Å². The Hall–Kier alpha value is -1.20. The average Bonchev–Trinajstić information content (AvgIpc) is 2.64. The van der Waals surface area contributed by atoms with E-state index in [1.165, 1.54) is 20.9 Å². The fourth-order valence-corrected chi connectivity index (χ4v) is 4.64. The Bertz CT molecular complexity index is 716. The van der Waals surface area contributed by atoms with Crippen molar-refractivity contribution in [3.63, 3.8) is 0 Å². The molecule has 2 aromatic rings. The first-order valence-electron chi connectivity index (χ1n) is 9.53. The van der Waals surface area contributed by atoms with Crippen LogP contribution >= 0.6 is 23.7 Å². The molecule has 0 aliphatic heterocycles. The molecule has 4 heteroatoms. The van der Waals surface area contributed by atoms with Crippen LogP contribution in [0.2, 0.25) is 0 Å². The molecule has 0 heterocycles. The van der Waals surface area contributed by atoms with Crippen LogP contribution in [0.5, 0.6) is 0 Å². The molecule has 0 amide bonds. The molecule has 0 saturated carbocycles. The smallest absolute Gasteiger partial charge is 0.0241 e. The Morgan fingerprint density at radius 3 is 2.44 bits per heavy atom. The van der Waals surface area contributed by atoms with Crippen molar-refractivity contribution < 1.29 is 0 Å². The van der Waals surface area contributed by atoms with Crippen molar-refractivity contribution in [1.29, 1.82) is 0 Å². The zero-order chi connectivity index (χ0) is 19.8. The summed E-state index contributed by atoms with van der Waals surface area (Å²) in [6, 6.07) is 17.8. The molecule has 0 aliphatic carbocycles. The number of thioether (sulfide) groups is 1. The normalized spacial score (nSPS) is 13.7. The molecule has 2 atom stereocenters. The second-order valence-electron chi connectivity index (χ2n) is 7.33. The maximum Gasteiger partial charge on any atom is 0.0241 e. The first kappa shape index (κ1) is 22.1. The van der Waals surface area contributed by atoms with E-state index in [-0.39, 0.29) is 6.04 Å². The first-order valence-corrected chi connectivity index (χ1v) is 11.2. The van der Waals surface area contributed by atoms with Gasteiger partial charge in [0.15, 0.2) is 0 Å². The van der Waals surface area contributed by atoms with E-state index < -0.39 is 0 Å². The zero-order valence-electron chi connectivity index (χ0n) is 16.9. The van der Waals surface area contributed by atoms with Crippen molar-refractivity contribution in [2.45, 2.75) is 56.0 Å². The van der Waals surface area contributed by atoms with Gasteiger partial charge in [-0.25, -0.2) is 4.31 Å². The second kappa shape index (κ2) is 11.0. The Morgan fingerprint density at radius 1 is 1.11 bits per heavy atom. The summed E-state index contributed by atoms with van der Waals surface area (Å²) >= 11 is 3.51. The molecular weight excluding hydrogens is 368 g/mol. The van der Waals surface area contributed by atoms with E-state index in [1.807, 2.05) is 17.4 Å². The lowest BCUT2D eigenvalue weighted by molar-refractivity contribution is 0.307. The van der Waals surface area contributed by atoms with E-state index in [9.17, 15) is 0 Å². The van der Waals surface area contributed by atoms with E-state index in [0.717, 1.165) is 13.0 Å². The van der Waals surface area contributed by atoms with Crippen LogP contribution in [0.1, 0.15) is 31.9 Å². The van der Waals surface area contributed by atoms with Crippen molar-refractivity contribution in [3.05, 3.63) is 71.6 Å². The molecule has 0 aliphatic rings. The second-order valence-corrected chi connectivity index (χ2v) is 9.46. The van der Waals surface area contributed by atoms with Gasteiger partial charge in [0, 0.05) is 28.4 Å². The number of nitrogens with zero attached hydrogens (tertiary/aromatic N) is 1.